The third-order valence-electron chi connectivity index (χ3n) is 8.29. The molecule has 0 bridgehead atoms. The molecule has 0 aliphatic carbocycles. The number of non-ortho nitro benzene ring substituents is 2. The summed E-state index contributed by atoms with van der Waals surface area (Å²) in [6.45, 7) is 3.60. The van der Waals surface area contributed by atoms with E-state index in [-0.39, 0.29) is 17.2 Å². The zero-order valence-corrected chi connectivity index (χ0v) is 30.6. The maximum absolute atomic E-state index is 12.6. The van der Waals surface area contributed by atoms with Gasteiger partial charge in [0.15, 0.2) is 11.6 Å². The van der Waals surface area contributed by atoms with Crippen molar-refractivity contribution in [2.75, 3.05) is 16.9 Å². The zero-order chi connectivity index (χ0) is 38.9. The summed E-state index contributed by atoms with van der Waals surface area (Å²) < 4.78 is 3.51. The number of aromatic amines is 1. The molecule has 0 saturated carbocycles. The van der Waals surface area contributed by atoms with Gasteiger partial charge in [-0.15, -0.1) is 11.8 Å². The molecule has 7 rings (SSSR count). The maximum Gasteiger partial charge on any atom is 0.269 e. The SMILES string of the molecule is CS/C(=C\C(=O)c1ccc(-n2cccn2)cc1)Nc1ccc([N+](=O)[O-])cc1C.Cc1cc([N+](=O)[O-])ccc1Nc1cc(-c2ccc(-n3cccn3)cc2)[nH]n1. The summed E-state index contributed by atoms with van der Waals surface area (Å²) in [5.74, 6) is 0.501. The first-order valence-electron chi connectivity index (χ1n) is 16.7. The van der Waals surface area contributed by atoms with E-state index in [9.17, 15) is 25.0 Å². The van der Waals surface area contributed by atoms with Gasteiger partial charge in [-0.2, -0.15) is 15.3 Å². The van der Waals surface area contributed by atoms with Gasteiger partial charge >= 0.3 is 0 Å². The van der Waals surface area contributed by atoms with Crippen molar-refractivity contribution in [1.29, 1.82) is 0 Å². The Morgan fingerprint density at radius 2 is 1.31 bits per heavy atom. The van der Waals surface area contributed by atoms with Crippen molar-refractivity contribution < 1.29 is 14.6 Å². The molecule has 0 amide bonds. The van der Waals surface area contributed by atoms with E-state index in [1.54, 1.807) is 52.9 Å². The molecule has 0 radical (unpaired) electrons. The van der Waals surface area contributed by atoms with Crippen molar-refractivity contribution in [3.8, 4) is 22.6 Å². The van der Waals surface area contributed by atoms with Gasteiger partial charge in [0.05, 0.1) is 31.9 Å². The van der Waals surface area contributed by atoms with Crippen LogP contribution in [0.15, 0.2) is 139 Å². The van der Waals surface area contributed by atoms with E-state index in [1.807, 2.05) is 80.2 Å². The Bertz CT molecular complexity index is 2460. The van der Waals surface area contributed by atoms with Crippen molar-refractivity contribution in [3.05, 3.63) is 176 Å². The number of carbonyl (C=O) groups is 1. The van der Waals surface area contributed by atoms with Crippen LogP contribution in [0.1, 0.15) is 21.5 Å². The number of nitro benzene ring substituents is 2. The minimum Gasteiger partial charge on any atom is -0.350 e. The molecule has 0 fully saturated rings. The number of aryl methyl sites for hydroxylation is 2. The van der Waals surface area contributed by atoms with Gasteiger partial charge in [0.25, 0.3) is 11.4 Å². The Kier molecular flexibility index (Phi) is 11.6. The molecule has 0 unspecified atom stereocenters. The number of aromatic nitrogens is 6. The fourth-order valence-corrected chi connectivity index (χ4v) is 5.81. The number of anilines is 3. The van der Waals surface area contributed by atoms with Crippen molar-refractivity contribution >= 4 is 46.1 Å². The molecule has 0 aliphatic rings. The largest absolute Gasteiger partial charge is 0.350 e. The van der Waals surface area contributed by atoms with E-state index in [0.29, 0.717) is 22.1 Å². The van der Waals surface area contributed by atoms with Crippen molar-refractivity contribution in [1.82, 2.24) is 29.8 Å². The zero-order valence-electron chi connectivity index (χ0n) is 29.8. The number of rotatable bonds is 12. The van der Waals surface area contributed by atoms with Gasteiger partial charge < -0.3 is 10.6 Å². The Morgan fingerprint density at radius 1 is 0.764 bits per heavy atom. The third-order valence-corrected chi connectivity index (χ3v) is 8.95. The number of allylic oxidation sites excluding steroid dienone is 1. The molecule has 16 heteroatoms. The number of hydrogen-bond donors (Lipinski definition) is 3. The monoisotopic (exact) mass is 754 g/mol. The van der Waals surface area contributed by atoms with Crippen LogP contribution in [0.4, 0.5) is 28.6 Å². The van der Waals surface area contributed by atoms with Crippen LogP contribution in [-0.4, -0.2) is 51.6 Å². The highest BCUT2D eigenvalue weighted by Gasteiger charge is 2.12. The lowest BCUT2D eigenvalue weighted by Gasteiger charge is -2.11. The van der Waals surface area contributed by atoms with Crippen LogP contribution in [-0.2, 0) is 0 Å². The number of nitrogens with one attached hydrogen (secondary N) is 3. The second-order valence-corrected chi connectivity index (χ2v) is 12.8. The van der Waals surface area contributed by atoms with Crippen LogP contribution >= 0.6 is 11.8 Å². The molecule has 0 atom stereocenters. The summed E-state index contributed by atoms with van der Waals surface area (Å²) in [5, 5.41) is 44.3. The number of carbonyl (C=O) groups excluding carboxylic acids is 1. The number of H-pyrrole nitrogens is 1. The van der Waals surface area contributed by atoms with E-state index in [2.05, 4.69) is 31.0 Å². The Hall–Kier alpha value is -7.33. The predicted octanol–water partition coefficient (Wildman–Crippen LogP) is 8.81. The van der Waals surface area contributed by atoms with Gasteiger partial charge in [-0.25, -0.2) is 9.36 Å². The van der Waals surface area contributed by atoms with Gasteiger partial charge in [-0.3, -0.25) is 30.1 Å². The topological polar surface area (TPSA) is 192 Å². The molecule has 55 heavy (non-hydrogen) atoms. The second kappa shape index (κ2) is 17.0. The van der Waals surface area contributed by atoms with Gasteiger partial charge in [0, 0.05) is 78.1 Å². The number of benzene rings is 4. The third kappa shape index (κ3) is 9.37. The Morgan fingerprint density at radius 3 is 1.80 bits per heavy atom. The first kappa shape index (κ1) is 37.4. The highest BCUT2D eigenvalue weighted by atomic mass is 32.2. The maximum atomic E-state index is 12.6. The quantitative estimate of drug-likeness (QED) is 0.0467. The van der Waals surface area contributed by atoms with E-state index in [4.69, 9.17) is 0 Å². The van der Waals surface area contributed by atoms with Crippen molar-refractivity contribution in [2.24, 2.45) is 0 Å². The highest BCUT2D eigenvalue weighted by molar-refractivity contribution is 8.02. The molecule has 3 heterocycles. The molecular weight excluding hydrogens is 721 g/mol. The Balaban J connectivity index is 0.000000187. The number of hydrogen-bond acceptors (Lipinski definition) is 11. The minimum absolute atomic E-state index is 0.0334. The molecule has 0 saturated heterocycles. The molecule has 0 spiro atoms. The molecule has 7 aromatic rings. The smallest absolute Gasteiger partial charge is 0.269 e. The normalized spacial score (nSPS) is 11.0. The van der Waals surface area contributed by atoms with Gasteiger partial charge in [-0.05, 0) is 97.5 Å². The van der Waals surface area contributed by atoms with Crippen molar-refractivity contribution in [3.63, 3.8) is 0 Å². The molecule has 4 aromatic carbocycles. The van der Waals surface area contributed by atoms with E-state index < -0.39 is 9.85 Å². The summed E-state index contributed by atoms with van der Waals surface area (Å²) in [5.41, 5.74) is 7.35. The number of nitro groups is 2. The first-order valence-corrected chi connectivity index (χ1v) is 17.9. The van der Waals surface area contributed by atoms with E-state index >= 15 is 0 Å². The Labute approximate surface area is 319 Å². The fraction of sp³-hybridized carbons (Fsp3) is 0.0769. The standard InChI is InChI=1S/C20H18N4O3S.C19H16N6O2/c1-14-12-17(24(26)27)8-9-18(14)22-20(28-2)13-19(25)15-4-6-16(7-5-15)23-11-3-10-21-23;1-13-11-16(25(26)27)7-8-17(13)21-19-12-18(22-23-19)14-3-5-15(6-4-14)24-10-2-9-20-24/h3-13,22H,1-2H3;2-12H,1H3,(H2,21,22,23)/b20-13-;. The van der Waals surface area contributed by atoms with Crippen LogP contribution < -0.4 is 10.6 Å². The molecule has 276 valence electrons. The average molecular weight is 755 g/mol. The van der Waals surface area contributed by atoms with Crippen LogP contribution in [0.3, 0.4) is 0 Å². The van der Waals surface area contributed by atoms with Crippen LogP contribution in [0.25, 0.3) is 22.6 Å². The van der Waals surface area contributed by atoms with Crippen LogP contribution in [0.2, 0.25) is 0 Å². The predicted molar refractivity (Wildman–Crippen MR) is 213 cm³/mol. The average Bonchev–Trinajstić information content (AvgIpc) is 4.01. The number of nitrogens with zero attached hydrogens (tertiary/aromatic N) is 7. The fourth-order valence-electron chi connectivity index (χ4n) is 5.37. The molecule has 15 nitrogen and oxygen atoms in total. The van der Waals surface area contributed by atoms with Crippen LogP contribution in [0, 0.1) is 34.1 Å². The first-order chi connectivity index (χ1) is 26.6. The van der Waals surface area contributed by atoms with Gasteiger partial charge in [0.2, 0.25) is 0 Å². The van der Waals surface area contributed by atoms with Gasteiger partial charge in [-0.1, -0.05) is 12.1 Å². The lowest BCUT2D eigenvalue weighted by atomic mass is 10.1. The molecular formula is C39H34N10O5S. The van der Waals surface area contributed by atoms with E-state index in [0.717, 1.165) is 39.4 Å². The number of ketones is 1. The minimum atomic E-state index is -0.432. The lowest BCUT2D eigenvalue weighted by molar-refractivity contribution is -0.385. The molecule has 3 N–H and O–H groups in total. The van der Waals surface area contributed by atoms with Crippen LogP contribution in [0.5, 0.6) is 0 Å². The molecule has 0 aliphatic heterocycles. The highest BCUT2D eigenvalue weighted by Crippen LogP contribution is 2.28. The summed E-state index contributed by atoms with van der Waals surface area (Å²) in [7, 11) is 0. The van der Waals surface area contributed by atoms with E-state index in [1.165, 1.54) is 42.1 Å². The summed E-state index contributed by atoms with van der Waals surface area (Å²) >= 11 is 1.39. The second-order valence-electron chi connectivity index (χ2n) is 12.0. The lowest BCUT2D eigenvalue weighted by Crippen LogP contribution is -2.03. The molecule has 3 aromatic heterocycles. The summed E-state index contributed by atoms with van der Waals surface area (Å²) in [4.78, 5) is 33.5. The summed E-state index contributed by atoms with van der Waals surface area (Å²) in [6, 6.07) is 30.0. The summed E-state index contributed by atoms with van der Waals surface area (Å²) in [6.07, 6.45) is 10.5. The number of thioether (sulfide) groups is 1. The van der Waals surface area contributed by atoms with Crippen molar-refractivity contribution in [2.45, 2.75) is 13.8 Å². The van der Waals surface area contributed by atoms with Gasteiger partial charge in [0.1, 0.15) is 0 Å².